The average Bonchev–Trinajstić information content (AvgIpc) is 3.57. The second-order valence-electron chi connectivity index (χ2n) is 9.15. The Balaban J connectivity index is 1.57. The van der Waals surface area contributed by atoms with Gasteiger partial charge in [0, 0.05) is 0 Å². The van der Waals surface area contributed by atoms with Crippen LogP contribution in [-0.4, -0.2) is 30.9 Å². The molecule has 0 fully saturated rings. The molecule has 41 heavy (non-hydrogen) atoms. The van der Waals surface area contributed by atoms with Gasteiger partial charge in [0.05, 0.1) is 17.5 Å². The number of benzene rings is 2. The van der Waals surface area contributed by atoms with Crippen LogP contribution in [0.1, 0.15) is 24.5 Å². The number of hydrogen-bond acceptors (Lipinski definition) is 8. The monoisotopic (exact) mass is 558 g/mol. The van der Waals surface area contributed by atoms with E-state index in [2.05, 4.69) is 20.4 Å². The van der Waals surface area contributed by atoms with E-state index in [9.17, 15) is 18.4 Å². The van der Waals surface area contributed by atoms with E-state index >= 15 is 0 Å². The van der Waals surface area contributed by atoms with Crippen LogP contribution in [0.4, 0.5) is 19.4 Å². The maximum atomic E-state index is 14.8. The standard InChI is InChI=1S/C28H20F2N6O5/c1-13(25-20(14-4-2-5-15(29)10-14)24(37)21-17(30)6-3-7-18(21)41-25)36-27-22(26(31)33-12-34-27)23(35-36)19-9-8-16(40-19)11-32-28(38)39/h2-10,12-13,32H,11H2,1H3,(H,38,39)(H2,31,33,34). The molecule has 0 bridgehead atoms. The summed E-state index contributed by atoms with van der Waals surface area (Å²) in [7, 11) is 0. The average molecular weight is 559 g/mol. The normalized spacial score (nSPS) is 12.2. The molecule has 13 heteroatoms. The Morgan fingerprint density at radius 1 is 1.10 bits per heavy atom. The topological polar surface area (TPSA) is 162 Å². The fourth-order valence-corrected chi connectivity index (χ4v) is 4.74. The summed E-state index contributed by atoms with van der Waals surface area (Å²) in [6.07, 6.45) is 0.0332. The molecular formula is C28H20F2N6O5. The number of nitrogens with zero attached hydrogens (tertiary/aromatic N) is 4. The third-order valence-corrected chi connectivity index (χ3v) is 6.58. The van der Waals surface area contributed by atoms with Crippen LogP contribution < -0.4 is 16.5 Å². The number of anilines is 1. The summed E-state index contributed by atoms with van der Waals surface area (Å²) in [5.74, 6) is -0.601. The first kappa shape index (κ1) is 25.7. The quantitative estimate of drug-likeness (QED) is 0.252. The number of carbonyl (C=O) groups is 1. The fourth-order valence-electron chi connectivity index (χ4n) is 4.74. The molecule has 1 atom stereocenters. The minimum Gasteiger partial charge on any atom is -0.465 e. The van der Waals surface area contributed by atoms with Crippen LogP contribution in [-0.2, 0) is 6.54 Å². The molecule has 0 saturated carbocycles. The SMILES string of the molecule is CC(c1oc2cccc(F)c2c(=O)c1-c1cccc(F)c1)n1nc(-c2ccc(CNC(=O)O)o2)c2c(N)ncnc21. The van der Waals surface area contributed by atoms with Crippen LogP contribution in [0.2, 0.25) is 0 Å². The number of nitrogen functional groups attached to an aromatic ring is 1. The zero-order valence-electron chi connectivity index (χ0n) is 21.3. The zero-order valence-corrected chi connectivity index (χ0v) is 21.3. The van der Waals surface area contributed by atoms with Crippen molar-refractivity contribution in [3.05, 3.63) is 94.3 Å². The molecule has 4 heterocycles. The van der Waals surface area contributed by atoms with E-state index in [1.165, 1.54) is 41.3 Å². The summed E-state index contributed by atoms with van der Waals surface area (Å²) in [6, 6.07) is 11.7. The van der Waals surface area contributed by atoms with Crippen LogP contribution >= 0.6 is 0 Å². The number of carboxylic acid groups (broad SMARTS) is 1. The van der Waals surface area contributed by atoms with Crippen LogP contribution in [0, 0.1) is 11.6 Å². The first-order valence-corrected chi connectivity index (χ1v) is 12.3. The first-order chi connectivity index (χ1) is 19.7. The molecule has 0 aliphatic heterocycles. The van der Waals surface area contributed by atoms with Crippen LogP contribution in [0.3, 0.4) is 0 Å². The number of aromatic nitrogens is 4. The van der Waals surface area contributed by atoms with E-state index in [1.807, 2.05) is 0 Å². The molecule has 4 N–H and O–H groups in total. The summed E-state index contributed by atoms with van der Waals surface area (Å²) in [4.78, 5) is 33.0. The van der Waals surface area contributed by atoms with Gasteiger partial charge in [-0.2, -0.15) is 5.10 Å². The van der Waals surface area contributed by atoms with Gasteiger partial charge in [0.15, 0.2) is 11.4 Å². The van der Waals surface area contributed by atoms with Crippen molar-refractivity contribution in [3.8, 4) is 22.6 Å². The highest BCUT2D eigenvalue weighted by Crippen LogP contribution is 2.37. The molecule has 0 aliphatic carbocycles. The van der Waals surface area contributed by atoms with Gasteiger partial charge >= 0.3 is 6.09 Å². The zero-order chi connectivity index (χ0) is 28.8. The van der Waals surface area contributed by atoms with E-state index in [4.69, 9.17) is 19.7 Å². The molecule has 0 aliphatic rings. The molecule has 206 valence electrons. The highest BCUT2D eigenvalue weighted by Gasteiger charge is 2.28. The molecule has 2 aromatic carbocycles. The second kappa shape index (κ2) is 9.86. The Labute approximate surface area is 228 Å². The molecule has 1 amide bonds. The van der Waals surface area contributed by atoms with Gasteiger partial charge < -0.3 is 25.0 Å². The lowest BCUT2D eigenvalue weighted by molar-refractivity contribution is 0.193. The lowest BCUT2D eigenvalue weighted by Crippen LogP contribution is -2.19. The van der Waals surface area contributed by atoms with Gasteiger partial charge in [-0.25, -0.2) is 28.2 Å². The Bertz CT molecular complexity index is 2030. The van der Waals surface area contributed by atoms with Crippen LogP contribution in [0.25, 0.3) is 44.6 Å². The molecule has 6 rings (SSSR count). The van der Waals surface area contributed by atoms with E-state index in [-0.39, 0.29) is 57.3 Å². The number of amides is 1. The van der Waals surface area contributed by atoms with Crippen molar-refractivity contribution in [1.29, 1.82) is 0 Å². The van der Waals surface area contributed by atoms with Crippen molar-refractivity contribution in [3.63, 3.8) is 0 Å². The third-order valence-electron chi connectivity index (χ3n) is 6.58. The van der Waals surface area contributed by atoms with Gasteiger partial charge in [-0.05, 0) is 48.9 Å². The van der Waals surface area contributed by atoms with Crippen molar-refractivity contribution in [2.45, 2.75) is 19.5 Å². The lowest BCUT2D eigenvalue weighted by atomic mass is 9.99. The van der Waals surface area contributed by atoms with Gasteiger partial charge in [-0.1, -0.05) is 18.2 Å². The Morgan fingerprint density at radius 2 is 1.90 bits per heavy atom. The minimum absolute atomic E-state index is 0.00411. The highest BCUT2D eigenvalue weighted by molar-refractivity contribution is 5.97. The maximum Gasteiger partial charge on any atom is 0.405 e. The number of fused-ring (bicyclic) bond motifs is 2. The summed E-state index contributed by atoms with van der Waals surface area (Å²) in [5.41, 5.74) is 6.22. The van der Waals surface area contributed by atoms with Gasteiger partial charge in [-0.15, -0.1) is 0 Å². The highest BCUT2D eigenvalue weighted by atomic mass is 19.1. The Kier molecular flexibility index (Phi) is 6.18. The van der Waals surface area contributed by atoms with Crippen molar-refractivity contribution < 1.29 is 27.5 Å². The summed E-state index contributed by atoms with van der Waals surface area (Å²) >= 11 is 0. The predicted octanol–water partition coefficient (Wildman–Crippen LogP) is 5.10. The molecule has 1 unspecified atom stereocenters. The molecule has 0 spiro atoms. The largest absolute Gasteiger partial charge is 0.465 e. The van der Waals surface area contributed by atoms with Gasteiger partial charge in [0.1, 0.15) is 58.0 Å². The van der Waals surface area contributed by atoms with Crippen LogP contribution in [0.5, 0.6) is 0 Å². The number of nitrogens with two attached hydrogens (primary N) is 1. The van der Waals surface area contributed by atoms with E-state index in [0.717, 1.165) is 12.1 Å². The molecule has 6 aromatic rings. The Hall–Kier alpha value is -5.59. The third kappa shape index (κ3) is 4.42. The van der Waals surface area contributed by atoms with Crippen LogP contribution in [0.15, 0.2) is 74.6 Å². The van der Waals surface area contributed by atoms with E-state index < -0.39 is 29.2 Å². The fraction of sp³-hybridized carbons (Fsp3) is 0.107. The minimum atomic E-state index is -1.21. The van der Waals surface area contributed by atoms with E-state index in [1.54, 1.807) is 19.1 Å². The smallest absolute Gasteiger partial charge is 0.405 e. The summed E-state index contributed by atoms with van der Waals surface area (Å²) in [5, 5.41) is 15.9. The first-order valence-electron chi connectivity index (χ1n) is 12.3. The van der Waals surface area contributed by atoms with Crippen molar-refractivity contribution >= 4 is 33.9 Å². The van der Waals surface area contributed by atoms with Gasteiger partial charge in [-0.3, -0.25) is 4.79 Å². The van der Waals surface area contributed by atoms with Crippen molar-refractivity contribution in [2.75, 3.05) is 5.73 Å². The number of halogens is 2. The van der Waals surface area contributed by atoms with Gasteiger partial charge in [0.25, 0.3) is 0 Å². The molecular weight excluding hydrogens is 538 g/mol. The molecule has 0 saturated heterocycles. The number of nitrogens with one attached hydrogen (secondary N) is 1. The Morgan fingerprint density at radius 3 is 2.68 bits per heavy atom. The molecule has 4 aromatic heterocycles. The molecule has 11 nitrogen and oxygen atoms in total. The van der Waals surface area contributed by atoms with Crippen molar-refractivity contribution in [2.24, 2.45) is 0 Å². The number of rotatable bonds is 6. The van der Waals surface area contributed by atoms with Gasteiger partial charge in [0.2, 0.25) is 5.43 Å². The predicted molar refractivity (Wildman–Crippen MR) is 144 cm³/mol. The maximum absolute atomic E-state index is 14.8. The summed E-state index contributed by atoms with van der Waals surface area (Å²) < 4.78 is 42.5. The molecule has 0 radical (unpaired) electrons. The number of furan rings is 1. The van der Waals surface area contributed by atoms with Crippen molar-refractivity contribution in [1.82, 2.24) is 25.1 Å². The lowest BCUT2D eigenvalue weighted by Gasteiger charge is -2.17. The van der Waals surface area contributed by atoms with E-state index in [0.29, 0.717) is 11.1 Å². The number of hydrogen-bond donors (Lipinski definition) is 3. The summed E-state index contributed by atoms with van der Waals surface area (Å²) in [6.45, 7) is 1.61. The second-order valence-corrected chi connectivity index (χ2v) is 9.15.